The van der Waals surface area contributed by atoms with E-state index >= 15 is 0 Å². The Morgan fingerprint density at radius 2 is 2.45 bits per heavy atom. The van der Waals surface area contributed by atoms with Gasteiger partial charge in [0, 0.05) is 24.5 Å². The molecule has 0 aliphatic carbocycles. The Balaban J connectivity index is 1.62. The second-order valence-corrected chi connectivity index (χ2v) is 5.75. The van der Waals surface area contributed by atoms with Crippen molar-refractivity contribution < 1.29 is 9.32 Å². The predicted octanol–water partition coefficient (Wildman–Crippen LogP) is 1.67. The number of anilines is 1. The van der Waals surface area contributed by atoms with Gasteiger partial charge < -0.3 is 9.84 Å². The zero-order valence-electron chi connectivity index (χ0n) is 12.9. The summed E-state index contributed by atoms with van der Waals surface area (Å²) in [5.41, 5.74) is 0. The Morgan fingerprint density at radius 3 is 3.14 bits per heavy atom. The second kappa shape index (κ2) is 6.31. The molecule has 2 aromatic heterocycles. The molecule has 3 rings (SSSR count). The Bertz CT molecular complexity index is 622. The Hall–Kier alpha value is -2.15. The molecule has 1 aliphatic heterocycles. The van der Waals surface area contributed by atoms with E-state index in [2.05, 4.69) is 20.5 Å². The average Bonchev–Trinajstić information content (AvgIpc) is 3.21. The number of hydrogen-bond donors (Lipinski definition) is 1. The second-order valence-electron chi connectivity index (χ2n) is 5.75. The summed E-state index contributed by atoms with van der Waals surface area (Å²) in [6, 6.07) is 3.76. The monoisotopic (exact) mass is 303 g/mol. The van der Waals surface area contributed by atoms with Crippen molar-refractivity contribution in [1.82, 2.24) is 19.8 Å². The van der Waals surface area contributed by atoms with Crippen molar-refractivity contribution >= 4 is 11.7 Å². The molecule has 0 unspecified atom stereocenters. The maximum Gasteiger partial charge on any atom is 0.242 e. The van der Waals surface area contributed by atoms with Crippen LogP contribution in [0.1, 0.15) is 25.5 Å². The molecule has 1 amide bonds. The molecule has 1 N–H and O–H groups in total. The first-order chi connectivity index (χ1) is 10.6. The number of carbonyl (C=O) groups excluding carboxylic acids is 1. The molecule has 1 fully saturated rings. The van der Waals surface area contributed by atoms with Gasteiger partial charge in [-0.25, -0.2) is 0 Å². The summed E-state index contributed by atoms with van der Waals surface area (Å²) in [5.74, 6) is 1.10. The van der Waals surface area contributed by atoms with E-state index in [1.807, 2.05) is 23.9 Å². The summed E-state index contributed by atoms with van der Waals surface area (Å²) in [5, 5.41) is 10.9. The maximum atomic E-state index is 12.4. The normalized spacial score (nSPS) is 20.2. The summed E-state index contributed by atoms with van der Waals surface area (Å²) >= 11 is 0. The van der Waals surface area contributed by atoms with Crippen LogP contribution < -0.4 is 5.32 Å². The fraction of sp³-hybridized carbons (Fsp3) is 0.533. The van der Waals surface area contributed by atoms with Gasteiger partial charge in [0.2, 0.25) is 5.91 Å². The number of aryl methyl sites for hydroxylation is 1. The van der Waals surface area contributed by atoms with Gasteiger partial charge in [-0.3, -0.25) is 14.4 Å². The topological polar surface area (TPSA) is 76.2 Å². The fourth-order valence-corrected chi connectivity index (χ4v) is 2.99. The minimum Gasteiger partial charge on any atom is -0.360 e. The lowest BCUT2D eigenvalue weighted by molar-refractivity contribution is -0.121. The summed E-state index contributed by atoms with van der Waals surface area (Å²) < 4.78 is 6.90. The first-order valence-corrected chi connectivity index (χ1v) is 7.61. The number of aromatic nitrogens is 3. The third-order valence-corrected chi connectivity index (χ3v) is 4.14. The molecule has 2 atom stereocenters. The van der Waals surface area contributed by atoms with Crippen molar-refractivity contribution in [2.24, 2.45) is 0 Å². The zero-order chi connectivity index (χ0) is 15.5. The van der Waals surface area contributed by atoms with Gasteiger partial charge in [0.15, 0.2) is 5.82 Å². The van der Waals surface area contributed by atoms with E-state index in [9.17, 15) is 4.79 Å². The summed E-state index contributed by atoms with van der Waals surface area (Å²) in [6.45, 7) is 5.47. The highest BCUT2D eigenvalue weighted by Crippen LogP contribution is 2.22. The van der Waals surface area contributed by atoms with Crippen LogP contribution in [-0.2, 0) is 11.3 Å². The largest absolute Gasteiger partial charge is 0.360 e. The maximum absolute atomic E-state index is 12.4. The van der Waals surface area contributed by atoms with Crippen LogP contribution >= 0.6 is 0 Å². The lowest BCUT2D eigenvalue weighted by Crippen LogP contribution is -2.46. The number of amides is 1. The van der Waals surface area contributed by atoms with Gasteiger partial charge in [-0.1, -0.05) is 5.16 Å². The Morgan fingerprint density at radius 1 is 1.59 bits per heavy atom. The van der Waals surface area contributed by atoms with Gasteiger partial charge in [-0.15, -0.1) is 0 Å². The molecular formula is C15H21N5O2. The highest BCUT2D eigenvalue weighted by Gasteiger charge is 2.32. The zero-order valence-corrected chi connectivity index (χ0v) is 12.9. The van der Waals surface area contributed by atoms with Crippen LogP contribution in [0.5, 0.6) is 0 Å². The van der Waals surface area contributed by atoms with E-state index < -0.39 is 0 Å². The lowest BCUT2D eigenvalue weighted by atomic mass is 10.2. The van der Waals surface area contributed by atoms with Crippen molar-refractivity contribution in [2.75, 3.05) is 11.9 Å². The molecular weight excluding hydrogens is 282 g/mol. The van der Waals surface area contributed by atoms with Gasteiger partial charge in [0.1, 0.15) is 5.76 Å². The fourth-order valence-electron chi connectivity index (χ4n) is 2.99. The minimum atomic E-state index is -0.208. The predicted molar refractivity (Wildman–Crippen MR) is 81.3 cm³/mol. The van der Waals surface area contributed by atoms with Crippen molar-refractivity contribution in [1.29, 1.82) is 0 Å². The van der Waals surface area contributed by atoms with Crippen LogP contribution in [0, 0.1) is 6.92 Å². The van der Waals surface area contributed by atoms with E-state index in [-0.39, 0.29) is 11.9 Å². The molecule has 0 radical (unpaired) electrons. The number of hydrogen-bond acceptors (Lipinski definition) is 5. The number of rotatable bonds is 5. The van der Waals surface area contributed by atoms with E-state index in [0.717, 1.165) is 25.9 Å². The van der Waals surface area contributed by atoms with Crippen LogP contribution in [0.2, 0.25) is 0 Å². The van der Waals surface area contributed by atoms with Crippen molar-refractivity contribution in [3.05, 3.63) is 30.3 Å². The SMILES string of the molecule is Cc1cc(NC(=O)[C@@H](C)N2CCC[C@@H]2Cn2cccn2)no1. The quantitative estimate of drug-likeness (QED) is 0.909. The number of likely N-dealkylation sites (tertiary alicyclic amines) is 1. The van der Waals surface area contributed by atoms with Gasteiger partial charge >= 0.3 is 0 Å². The molecule has 22 heavy (non-hydrogen) atoms. The molecule has 118 valence electrons. The van der Waals surface area contributed by atoms with E-state index in [1.165, 1.54) is 0 Å². The molecule has 2 aromatic rings. The molecule has 0 bridgehead atoms. The van der Waals surface area contributed by atoms with Crippen LogP contribution in [0.3, 0.4) is 0 Å². The number of nitrogens with zero attached hydrogens (tertiary/aromatic N) is 4. The van der Waals surface area contributed by atoms with Crippen LogP contribution in [-0.4, -0.2) is 44.4 Å². The van der Waals surface area contributed by atoms with Crippen LogP contribution in [0.4, 0.5) is 5.82 Å². The first kappa shape index (κ1) is 14.8. The van der Waals surface area contributed by atoms with Crippen molar-refractivity contribution in [3.63, 3.8) is 0 Å². The molecule has 7 heteroatoms. The minimum absolute atomic E-state index is 0.0549. The van der Waals surface area contributed by atoms with Gasteiger partial charge in [-0.2, -0.15) is 5.10 Å². The molecule has 1 saturated heterocycles. The van der Waals surface area contributed by atoms with Crippen LogP contribution in [0.25, 0.3) is 0 Å². The summed E-state index contributed by atoms with van der Waals surface area (Å²) in [4.78, 5) is 14.6. The van der Waals surface area contributed by atoms with Gasteiger partial charge in [-0.05, 0) is 39.3 Å². The number of carbonyl (C=O) groups is 1. The standard InChI is InChI=1S/C15H21N5O2/c1-11-9-14(18-22-11)17-15(21)12(2)20-8-3-5-13(20)10-19-7-4-6-16-19/h4,6-7,9,12-13H,3,5,8,10H2,1-2H3,(H,17,18,21)/t12-,13-/m1/s1. The van der Waals surface area contributed by atoms with Crippen LogP contribution in [0.15, 0.2) is 29.0 Å². The third kappa shape index (κ3) is 3.19. The Labute approximate surface area is 129 Å². The van der Waals surface area contributed by atoms with E-state index in [1.54, 1.807) is 19.2 Å². The number of nitrogens with one attached hydrogen (secondary N) is 1. The lowest BCUT2D eigenvalue weighted by Gasteiger charge is -2.29. The van der Waals surface area contributed by atoms with Crippen molar-refractivity contribution in [3.8, 4) is 0 Å². The molecule has 0 saturated carbocycles. The molecule has 0 aromatic carbocycles. The molecule has 0 spiro atoms. The summed E-state index contributed by atoms with van der Waals surface area (Å²) in [6.07, 6.45) is 5.93. The first-order valence-electron chi connectivity index (χ1n) is 7.61. The van der Waals surface area contributed by atoms with E-state index in [0.29, 0.717) is 17.6 Å². The average molecular weight is 303 g/mol. The van der Waals surface area contributed by atoms with Gasteiger partial charge in [0.25, 0.3) is 0 Å². The highest BCUT2D eigenvalue weighted by molar-refractivity contribution is 5.93. The smallest absolute Gasteiger partial charge is 0.242 e. The van der Waals surface area contributed by atoms with E-state index in [4.69, 9.17) is 4.52 Å². The van der Waals surface area contributed by atoms with Gasteiger partial charge in [0.05, 0.1) is 12.6 Å². The molecule has 1 aliphatic rings. The third-order valence-electron chi connectivity index (χ3n) is 4.14. The summed E-state index contributed by atoms with van der Waals surface area (Å²) in [7, 11) is 0. The Kier molecular flexibility index (Phi) is 4.24. The molecule has 7 nitrogen and oxygen atoms in total. The molecule has 3 heterocycles. The van der Waals surface area contributed by atoms with Crippen molar-refractivity contribution in [2.45, 2.75) is 45.3 Å². The highest BCUT2D eigenvalue weighted by atomic mass is 16.5.